The summed E-state index contributed by atoms with van der Waals surface area (Å²) in [6.45, 7) is 0. The maximum Gasteiger partial charge on any atom is 0.305 e. The molecule has 0 bridgehead atoms. The van der Waals surface area contributed by atoms with Crippen LogP contribution in [0.5, 0.6) is 0 Å². The molecule has 0 atom stereocenters. The first-order valence-electron chi connectivity index (χ1n) is 10.5. The van der Waals surface area contributed by atoms with Gasteiger partial charge in [-0.05, 0) is 12.8 Å². The molecule has 4 nitrogen and oxygen atoms in total. The molecule has 0 aromatic heterocycles. The van der Waals surface area contributed by atoms with Crippen LogP contribution in [0.25, 0.3) is 0 Å². The number of rotatable bonds is 19. The Morgan fingerprint density at radius 3 is 1.12 bits per heavy atom. The second-order valence-corrected chi connectivity index (χ2v) is 7.13. The summed E-state index contributed by atoms with van der Waals surface area (Å²) in [5, 5.41) is 8.55. The molecule has 0 saturated carbocycles. The average molecular weight is 357 g/mol. The zero-order valence-corrected chi connectivity index (χ0v) is 16.4. The molecule has 0 amide bonds. The lowest BCUT2D eigenvalue weighted by Gasteiger charge is -2.03. The number of ether oxygens (including phenoxy) is 1. The van der Waals surface area contributed by atoms with Crippen molar-refractivity contribution >= 4 is 11.9 Å². The summed E-state index contributed by atoms with van der Waals surface area (Å²) < 4.78 is 4.63. The predicted molar refractivity (Wildman–Crippen MR) is 103 cm³/mol. The SMILES string of the molecule is COC(=O)CCCCCCCCCCCCCCCCCCC(=O)O. The molecular formula is C21H40O4. The van der Waals surface area contributed by atoms with E-state index in [4.69, 9.17) is 5.11 Å². The number of carboxylic acid groups (broad SMARTS) is 1. The van der Waals surface area contributed by atoms with Crippen molar-refractivity contribution in [2.24, 2.45) is 0 Å². The van der Waals surface area contributed by atoms with E-state index >= 15 is 0 Å². The highest BCUT2D eigenvalue weighted by Gasteiger charge is 1.99. The molecule has 25 heavy (non-hydrogen) atoms. The van der Waals surface area contributed by atoms with E-state index in [1.165, 1.54) is 84.2 Å². The van der Waals surface area contributed by atoms with E-state index in [9.17, 15) is 9.59 Å². The average Bonchev–Trinajstić information content (AvgIpc) is 2.60. The number of carbonyl (C=O) groups excluding carboxylic acids is 1. The van der Waals surface area contributed by atoms with Crippen molar-refractivity contribution in [3.63, 3.8) is 0 Å². The summed E-state index contributed by atoms with van der Waals surface area (Å²) in [6.07, 6.45) is 20.6. The minimum Gasteiger partial charge on any atom is -0.481 e. The highest BCUT2D eigenvalue weighted by molar-refractivity contribution is 5.68. The normalized spacial score (nSPS) is 10.8. The first kappa shape index (κ1) is 23.9. The number of hydrogen-bond donors (Lipinski definition) is 1. The number of carbonyl (C=O) groups is 2. The van der Waals surface area contributed by atoms with Crippen LogP contribution in [0.4, 0.5) is 0 Å². The van der Waals surface area contributed by atoms with Crippen LogP contribution in [0.2, 0.25) is 0 Å². The molecule has 0 aliphatic rings. The van der Waals surface area contributed by atoms with Crippen LogP contribution in [0.1, 0.15) is 116 Å². The lowest BCUT2D eigenvalue weighted by molar-refractivity contribution is -0.141. The lowest BCUT2D eigenvalue weighted by atomic mass is 10.0. The van der Waals surface area contributed by atoms with Crippen LogP contribution in [0.3, 0.4) is 0 Å². The molecule has 0 spiro atoms. The molecule has 0 aromatic rings. The van der Waals surface area contributed by atoms with Gasteiger partial charge in [-0.15, -0.1) is 0 Å². The minimum atomic E-state index is -0.668. The molecule has 0 radical (unpaired) electrons. The van der Waals surface area contributed by atoms with E-state index in [-0.39, 0.29) is 5.97 Å². The monoisotopic (exact) mass is 356 g/mol. The first-order valence-corrected chi connectivity index (χ1v) is 10.5. The molecule has 0 unspecified atom stereocenters. The summed E-state index contributed by atoms with van der Waals surface area (Å²) in [5.74, 6) is -0.753. The van der Waals surface area contributed by atoms with E-state index in [2.05, 4.69) is 4.74 Å². The molecule has 148 valence electrons. The van der Waals surface area contributed by atoms with Gasteiger partial charge >= 0.3 is 11.9 Å². The van der Waals surface area contributed by atoms with Crippen molar-refractivity contribution < 1.29 is 19.4 Å². The van der Waals surface area contributed by atoms with E-state index in [0.717, 1.165) is 25.7 Å². The highest BCUT2D eigenvalue weighted by atomic mass is 16.5. The fraction of sp³-hybridized carbons (Fsp3) is 0.905. The van der Waals surface area contributed by atoms with E-state index < -0.39 is 5.97 Å². The minimum absolute atomic E-state index is 0.0850. The van der Waals surface area contributed by atoms with Crippen molar-refractivity contribution in [3.05, 3.63) is 0 Å². The van der Waals surface area contributed by atoms with Gasteiger partial charge in [0, 0.05) is 12.8 Å². The van der Waals surface area contributed by atoms with Gasteiger partial charge in [0.15, 0.2) is 0 Å². The van der Waals surface area contributed by atoms with E-state index in [1.807, 2.05) is 0 Å². The van der Waals surface area contributed by atoms with Gasteiger partial charge in [0.2, 0.25) is 0 Å². The standard InChI is InChI=1S/C21H40O4/c1-25-21(24)19-17-15-13-11-9-7-5-3-2-4-6-8-10-12-14-16-18-20(22)23/h2-19H2,1H3,(H,22,23). The lowest BCUT2D eigenvalue weighted by Crippen LogP contribution is -1.99. The van der Waals surface area contributed by atoms with Crippen LogP contribution in [0, 0.1) is 0 Å². The molecule has 0 saturated heterocycles. The smallest absolute Gasteiger partial charge is 0.305 e. The summed E-state index contributed by atoms with van der Waals surface area (Å²) in [7, 11) is 1.45. The van der Waals surface area contributed by atoms with Gasteiger partial charge in [-0.25, -0.2) is 0 Å². The molecule has 0 fully saturated rings. The zero-order chi connectivity index (χ0) is 18.6. The summed E-state index contributed by atoms with van der Waals surface area (Å²) in [6, 6.07) is 0. The molecule has 4 heteroatoms. The van der Waals surface area contributed by atoms with Gasteiger partial charge in [0.1, 0.15) is 0 Å². The Labute approximate surface area is 154 Å². The second-order valence-electron chi connectivity index (χ2n) is 7.13. The van der Waals surface area contributed by atoms with Gasteiger partial charge in [-0.2, -0.15) is 0 Å². The zero-order valence-electron chi connectivity index (χ0n) is 16.4. The van der Waals surface area contributed by atoms with Crippen molar-refractivity contribution in [1.29, 1.82) is 0 Å². The van der Waals surface area contributed by atoms with Crippen molar-refractivity contribution in [2.75, 3.05) is 7.11 Å². The van der Waals surface area contributed by atoms with E-state index in [1.54, 1.807) is 0 Å². The maximum atomic E-state index is 11.0. The fourth-order valence-electron chi connectivity index (χ4n) is 3.12. The first-order chi connectivity index (χ1) is 12.2. The molecule has 0 rings (SSSR count). The molecule has 0 heterocycles. The fourth-order valence-corrected chi connectivity index (χ4v) is 3.12. The van der Waals surface area contributed by atoms with Gasteiger partial charge in [-0.3, -0.25) is 9.59 Å². The van der Waals surface area contributed by atoms with Crippen LogP contribution < -0.4 is 0 Å². The Hall–Kier alpha value is -1.06. The summed E-state index contributed by atoms with van der Waals surface area (Å²) in [5.41, 5.74) is 0. The molecule has 1 N–H and O–H groups in total. The van der Waals surface area contributed by atoms with E-state index in [0.29, 0.717) is 12.8 Å². The number of unbranched alkanes of at least 4 members (excludes halogenated alkanes) is 15. The van der Waals surface area contributed by atoms with Crippen LogP contribution in [-0.2, 0) is 14.3 Å². The van der Waals surface area contributed by atoms with Crippen LogP contribution >= 0.6 is 0 Å². The van der Waals surface area contributed by atoms with Crippen molar-refractivity contribution in [2.45, 2.75) is 116 Å². The molecule has 0 aliphatic carbocycles. The molecule has 0 aliphatic heterocycles. The van der Waals surface area contributed by atoms with Gasteiger partial charge < -0.3 is 9.84 Å². The summed E-state index contributed by atoms with van der Waals surface area (Å²) in [4.78, 5) is 21.3. The Balaban J connectivity index is 3.03. The summed E-state index contributed by atoms with van der Waals surface area (Å²) >= 11 is 0. The Bertz CT molecular complexity index is 315. The van der Waals surface area contributed by atoms with Gasteiger partial charge in [-0.1, -0.05) is 89.9 Å². The number of esters is 1. The number of methoxy groups -OCH3 is 1. The van der Waals surface area contributed by atoms with Crippen molar-refractivity contribution in [1.82, 2.24) is 0 Å². The Morgan fingerprint density at radius 2 is 0.840 bits per heavy atom. The third-order valence-electron chi connectivity index (χ3n) is 4.75. The van der Waals surface area contributed by atoms with Gasteiger partial charge in [0.05, 0.1) is 7.11 Å². The topological polar surface area (TPSA) is 63.6 Å². The quantitative estimate of drug-likeness (QED) is 0.219. The van der Waals surface area contributed by atoms with Crippen LogP contribution in [0.15, 0.2) is 0 Å². The Morgan fingerprint density at radius 1 is 0.560 bits per heavy atom. The third kappa shape index (κ3) is 20.9. The second kappa shape index (κ2) is 19.3. The number of carboxylic acids is 1. The predicted octanol–water partition coefficient (Wildman–Crippen LogP) is 6.27. The molecular weight excluding hydrogens is 316 g/mol. The Kier molecular flexibility index (Phi) is 18.5. The highest BCUT2D eigenvalue weighted by Crippen LogP contribution is 2.14. The molecule has 0 aromatic carbocycles. The number of aliphatic carboxylic acids is 1. The largest absolute Gasteiger partial charge is 0.481 e. The third-order valence-corrected chi connectivity index (χ3v) is 4.75. The maximum absolute atomic E-state index is 11.0. The van der Waals surface area contributed by atoms with Gasteiger partial charge in [0.25, 0.3) is 0 Å². The number of hydrogen-bond acceptors (Lipinski definition) is 3. The van der Waals surface area contributed by atoms with Crippen molar-refractivity contribution in [3.8, 4) is 0 Å². The van der Waals surface area contributed by atoms with Crippen LogP contribution in [-0.4, -0.2) is 24.2 Å².